The Hall–Kier alpha value is -1.13. The van der Waals surface area contributed by atoms with Gasteiger partial charge in [-0.05, 0) is 11.4 Å². The number of anilines is 1. The molecule has 0 spiro atoms. The van der Waals surface area contributed by atoms with Gasteiger partial charge in [0.2, 0.25) is 5.95 Å². The average molecular weight is 212 g/mol. The highest BCUT2D eigenvalue weighted by Crippen LogP contribution is 2.24. The quantitative estimate of drug-likeness (QED) is 0.738. The van der Waals surface area contributed by atoms with Gasteiger partial charge in [0, 0.05) is 6.07 Å². The van der Waals surface area contributed by atoms with Crippen LogP contribution in [-0.4, -0.2) is 9.97 Å². The first-order valence-electron chi connectivity index (χ1n) is 3.59. The van der Waals surface area contributed by atoms with Gasteiger partial charge in [-0.1, -0.05) is 17.7 Å². The molecule has 2 aromatic heterocycles. The molecule has 0 amide bonds. The van der Waals surface area contributed by atoms with Crippen molar-refractivity contribution in [3.63, 3.8) is 0 Å². The predicted molar refractivity (Wildman–Crippen MR) is 54.8 cm³/mol. The molecule has 0 bridgehead atoms. The largest absolute Gasteiger partial charge is 0.368 e. The van der Waals surface area contributed by atoms with Crippen LogP contribution in [0.3, 0.4) is 0 Å². The van der Waals surface area contributed by atoms with Gasteiger partial charge in [-0.15, -0.1) is 11.3 Å². The lowest BCUT2D eigenvalue weighted by Crippen LogP contribution is -1.95. The van der Waals surface area contributed by atoms with Crippen molar-refractivity contribution in [1.82, 2.24) is 9.97 Å². The highest BCUT2D eigenvalue weighted by atomic mass is 35.5. The number of hydrogen-bond donors (Lipinski definition) is 1. The molecule has 0 saturated carbocycles. The van der Waals surface area contributed by atoms with Crippen LogP contribution < -0.4 is 5.73 Å². The fourth-order valence-corrected chi connectivity index (χ4v) is 1.86. The van der Waals surface area contributed by atoms with Crippen molar-refractivity contribution in [2.45, 2.75) is 0 Å². The topological polar surface area (TPSA) is 51.8 Å². The van der Waals surface area contributed by atoms with E-state index in [1.807, 2.05) is 17.5 Å². The maximum Gasteiger partial charge on any atom is 0.222 e. The smallest absolute Gasteiger partial charge is 0.222 e. The van der Waals surface area contributed by atoms with E-state index in [0.29, 0.717) is 5.15 Å². The molecule has 2 aromatic rings. The molecule has 0 aliphatic rings. The highest BCUT2D eigenvalue weighted by Gasteiger charge is 2.03. The molecule has 2 heterocycles. The molecular formula is C8H6ClN3S. The maximum atomic E-state index is 5.74. The van der Waals surface area contributed by atoms with Gasteiger partial charge in [0.15, 0.2) is 0 Å². The van der Waals surface area contributed by atoms with Gasteiger partial charge >= 0.3 is 0 Å². The minimum Gasteiger partial charge on any atom is -0.368 e. The fourth-order valence-electron chi connectivity index (χ4n) is 0.986. The molecule has 0 aliphatic carbocycles. The second kappa shape index (κ2) is 3.32. The number of hydrogen-bond acceptors (Lipinski definition) is 4. The lowest BCUT2D eigenvalue weighted by atomic mass is 10.3. The number of halogens is 1. The van der Waals surface area contributed by atoms with E-state index in [2.05, 4.69) is 9.97 Å². The van der Waals surface area contributed by atoms with Crippen LogP contribution in [0.25, 0.3) is 10.6 Å². The van der Waals surface area contributed by atoms with Gasteiger partial charge in [-0.3, -0.25) is 0 Å². The van der Waals surface area contributed by atoms with E-state index in [-0.39, 0.29) is 5.95 Å². The second-order valence-electron chi connectivity index (χ2n) is 2.41. The van der Waals surface area contributed by atoms with E-state index in [1.54, 1.807) is 17.4 Å². The second-order valence-corrected chi connectivity index (χ2v) is 3.75. The van der Waals surface area contributed by atoms with Crippen molar-refractivity contribution < 1.29 is 0 Å². The summed E-state index contributed by atoms with van der Waals surface area (Å²) < 4.78 is 0. The summed E-state index contributed by atoms with van der Waals surface area (Å²) in [5.41, 5.74) is 6.23. The predicted octanol–water partition coefficient (Wildman–Crippen LogP) is 2.44. The lowest BCUT2D eigenvalue weighted by molar-refractivity contribution is 1.19. The Morgan fingerprint density at radius 2 is 2.23 bits per heavy atom. The fraction of sp³-hybridized carbons (Fsp3) is 0. The van der Waals surface area contributed by atoms with Crippen LogP contribution in [0.2, 0.25) is 5.15 Å². The summed E-state index contributed by atoms with van der Waals surface area (Å²) in [6.45, 7) is 0. The molecule has 5 heteroatoms. The molecule has 0 atom stereocenters. The minimum atomic E-state index is 0.205. The summed E-state index contributed by atoms with van der Waals surface area (Å²) >= 11 is 7.33. The molecule has 0 radical (unpaired) electrons. The van der Waals surface area contributed by atoms with E-state index in [0.717, 1.165) is 10.6 Å². The summed E-state index contributed by atoms with van der Waals surface area (Å²) in [4.78, 5) is 8.89. The lowest BCUT2D eigenvalue weighted by Gasteiger charge is -1.98. The number of nitrogens with zero attached hydrogens (tertiary/aromatic N) is 2. The summed E-state index contributed by atoms with van der Waals surface area (Å²) in [5.74, 6) is 0.205. The summed E-state index contributed by atoms with van der Waals surface area (Å²) in [7, 11) is 0. The molecular weight excluding hydrogens is 206 g/mol. The summed E-state index contributed by atoms with van der Waals surface area (Å²) in [5, 5.41) is 2.34. The molecule has 0 unspecified atom stereocenters. The first-order chi connectivity index (χ1) is 6.25. The van der Waals surface area contributed by atoms with Crippen LogP contribution in [0.5, 0.6) is 0 Å². The maximum absolute atomic E-state index is 5.74. The minimum absolute atomic E-state index is 0.205. The SMILES string of the molecule is Nc1nc(Cl)cc(-c2cccs2)n1. The summed E-state index contributed by atoms with van der Waals surface area (Å²) in [6.07, 6.45) is 0. The zero-order valence-corrected chi connectivity index (χ0v) is 8.14. The molecule has 2 rings (SSSR count). The van der Waals surface area contributed by atoms with Crippen molar-refractivity contribution in [3.05, 3.63) is 28.7 Å². The highest BCUT2D eigenvalue weighted by molar-refractivity contribution is 7.13. The van der Waals surface area contributed by atoms with E-state index in [1.165, 1.54) is 0 Å². The van der Waals surface area contributed by atoms with Crippen LogP contribution >= 0.6 is 22.9 Å². The van der Waals surface area contributed by atoms with Gasteiger partial charge in [-0.2, -0.15) is 0 Å². The third kappa shape index (κ3) is 1.79. The molecule has 0 aliphatic heterocycles. The van der Waals surface area contributed by atoms with Crippen molar-refractivity contribution in [1.29, 1.82) is 0 Å². The van der Waals surface area contributed by atoms with Crippen LogP contribution in [-0.2, 0) is 0 Å². The van der Waals surface area contributed by atoms with Crippen molar-refractivity contribution in [2.24, 2.45) is 0 Å². The Morgan fingerprint density at radius 3 is 2.85 bits per heavy atom. The van der Waals surface area contributed by atoms with Gasteiger partial charge in [0.1, 0.15) is 5.15 Å². The van der Waals surface area contributed by atoms with Gasteiger partial charge in [0.05, 0.1) is 10.6 Å². The van der Waals surface area contributed by atoms with E-state index < -0.39 is 0 Å². The van der Waals surface area contributed by atoms with Crippen LogP contribution in [0.15, 0.2) is 23.6 Å². The molecule has 3 nitrogen and oxygen atoms in total. The molecule has 66 valence electrons. The Kier molecular flexibility index (Phi) is 2.16. The zero-order valence-electron chi connectivity index (χ0n) is 6.57. The monoisotopic (exact) mass is 211 g/mol. The number of thiophene rings is 1. The van der Waals surface area contributed by atoms with Crippen LogP contribution in [0.4, 0.5) is 5.95 Å². The number of rotatable bonds is 1. The van der Waals surface area contributed by atoms with E-state index in [4.69, 9.17) is 17.3 Å². The third-order valence-corrected chi connectivity index (χ3v) is 2.57. The first-order valence-corrected chi connectivity index (χ1v) is 4.85. The Labute approximate surface area is 84.2 Å². The first kappa shape index (κ1) is 8.47. The third-order valence-electron chi connectivity index (χ3n) is 1.49. The van der Waals surface area contributed by atoms with Crippen LogP contribution in [0, 0.1) is 0 Å². The van der Waals surface area contributed by atoms with Gasteiger partial charge in [-0.25, -0.2) is 9.97 Å². The number of aromatic nitrogens is 2. The van der Waals surface area contributed by atoms with Crippen molar-refractivity contribution in [3.8, 4) is 10.6 Å². The zero-order chi connectivity index (χ0) is 9.26. The summed E-state index contributed by atoms with van der Waals surface area (Å²) in [6, 6.07) is 5.61. The van der Waals surface area contributed by atoms with Crippen LogP contribution in [0.1, 0.15) is 0 Å². The number of nitrogens with two attached hydrogens (primary N) is 1. The van der Waals surface area contributed by atoms with Crippen molar-refractivity contribution in [2.75, 3.05) is 5.73 Å². The van der Waals surface area contributed by atoms with Crippen molar-refractivity contribution >= 4 is 28.9 Å². The van der Waals surface area contributed by atoms with Gasteiger partial charge in [0.25, 0.3) is 0 Å². The normalized spacial score (nSPS) is 10.2. The van der Waals surface area contributed by atoms with E-state index in [9.17, 15) is 0 Å². The molecule has 2 N–H and O–H groups in total. The standard InChI is InChI=1S/C8H6ClN3S/c9-7-4-5(11-8(10)12-7)6-2-1-3-13-6/h1-4H,(H2,10,11,12). The number of nitrogen functional groups attached to an aromatic ring is 1. The molecule has 13 heavy (non-hydrogen) atoms. The van der Waals surface area contributed by atoms with E-state index >= 15 is 0 Å². The average Bonchev–Trinajstić information content (AvgIpc) is 2.53. The Balaban J connectivity index is 2.53. The molecule has 0 saturated heterocycles. The Bertz CT molecular complexity index is 393. The molecule has 0 aromatic carbocycles. The Morgan fingerprint density at radius 1 is 1.38 bits per heavy atom. The van der Waals surface area contributed by atoms with Gasteiger partial charge < -0.3 is 5.73 Å². The molecule has 0 fully saturated rings.